The molecule has 0 saturated heterocycles. The first-order valence-corrected chi connectivity index (χ1v) is 30.7. The lowest BCUT2D eigenvalue weighted by Crippen LogP contribution is -2.30. The molecule has 0 aliphatic heterocycles. The number of allylic oxidation sites excluding steroid dienone is 16. The molecule has 0 spiro atoms. The van der Waals surface area contributed by atoms with E-state index in [1.54, 1.807) is 0 Å². The van der Waals surface area contributed by atoms with E-state index in [1.165, 1.54) is 167 Å². The number of hydrogen-bond acceptors (Lipinski definition) is 6. The molecule has 0 aromatic heterocycles. The summed E-state index contributed by atoms with van der Waals surface area (Å²) in [7, 11) is 0. The molecular weight excluding hydrogens is 901 g/mol. The Kier molecular flexibility index (Phi) is 57.8. The van der Waals surface area contributed by atoms with Gasteiger partial charge in [-0.3, -0.25) is 14.4 Å². The lowest BCUT2D eigenvalue weighted by Gasteiger charge is -2.18. The van der Waals surface area contributed by atoms with E-state index in [2.05, 4.69) is 112 Å². The molecule has 0 aliphatic carbocycles. The van der Waals surface area contributed by atoms with Crippen LogP contribution in [0.2, 0.25) is 0 Å². The van der Waals surface area contributed by atoms with Gasteiger partial charge in [0.05, 0.1) is 0 Å². The van der Waals surface area contributed by atoms with Gasteiger partial charge < -0.3 is 14.2 Å². The van der Waals surface area contributed by atoms with E-state index < -0.39 is 6.10 Å². The van der Waals surface area contributed by atoms with E-state index in [1.807, 2.05) is 6.08 Å². The highest BCUT2D eigenvalue weighted by atomic mass is 16.6. The summed E-state index contributed by atoms with van der Waals surface area (Å²) in [5.74, 6) is -1.03. The highest BCUT2D eigenvalue weighted by molar-refractivity contribution is 5.71. The van der Waals surface area contributed by atoms with E-state index >= 15 is 0 Å². The van der Waals surface area contributed by atoms with Gasteiger partial charge in [0, 0.05) is 19.3 Å². The molecule has 0 saturated carbocycles. The van der Waals surface area contributed by atoms with Crippen LogP contribution in [-0.2, 0) is 28.6 Å². The van der Waals surface area contributed by atoms with Crippen LogP contribution in [0.4, 0.5) is 0 Å². The van der Waals surface area contributed by atoms with Crippen molar-refractivity contribution in [3.63, 3.8) is 0 Å². The van der Waals surface area contributed by atoms with Crippen LogP contribution in [0.1, 0.15) is 290 Å². The van der Waals surface area contributed by atoms with Crippen molar-refractivity contribution in [3.8, 4) is 0 Å². The van der Waals surface area contributed by atoms with Crippen LogP contribution in [0.3, 0.4) is 0 Å². The van der Waals surface area contributed by atoms with Crippen LogP contribution < -0.4 is 0 Å². The lowest BCUT2D eigenvalue weighted by molar-refractivity contribution is -0.166. The molecular formula is C67H114O6. The predicted molar refractivity (Wildman–Crippen MR) is 316 cm³/mol. The fourth-order valence-electron chi connectivity index (χ4n) is 8.43. The lowest BCUT2D eigenvalue weighted by atomic mass is 10.0. The van der Waals surface area contributed by atoms with Crippen molar-refractivity contribution in [2.24, 2.45) is 0 Å². The monoisotopic (exact) mass is 1010 g/mol. The molecule has 0 rings (SSSR count). The van der Waals surface area contributed by atoms with E-state index in [4.69, 9.17) is 14.2 Å². The Bertz CT molecular complexity index is 1440. The van der Waals surface area contributed by atoms with Crippen LogP contribution in [-0.4, -0.2) is 37.2 Å². The van der Waals surface area contributed by atoms with Crippen molar-refractivity contribution in [2.45, 2.75) is 297 Å². The third-order valence-corrected chi connectivity index (χ3v) is 13.1. The van der Waals surface area contributed by atoms with Gasteiger partial charge in [-0.2, -0.15) is 0 Å². The Morgan fingerprint density at radius 3 is 0.877 bits per heavy atom. The van der Waals surface area contributed by atoms with E-state index in [-0.39, 0.29) is 37.5 Å². The first kappa shape index (κ1) is 69.3. The Morgan fingerprint density at radius 1 is 0.274 bits per heavy atom. The minimum Gasteiger partial charge on any atom is -0.462 e. The normalized spacial score (nSPS) is 12.8. The van der Waals surface area contributed by atoms with Gasteiger partial charge in [-0.05, 0) is 96.3 Å². The molecule has 0 aromatic carbocycles. The summed E-state index contributed by atoms with van der Waals surface area (Å²) in [4.78, 5) is 38.2. The third kappa shape index (κ3) is 59.1. The van der Waals surface area contributed by atoms with Crippen LogP contribution in [0.15, 0.2) is 97.2 Å². The average Bonchev–Trinajstić information content (AvgIpc) is 3.39. The molecule has 73 heavy (non-hydrogen) atoms. The second kappa shape index (κ2) is 60.9. The maximum Gasteiger partial charge on any atom is 0.306 e. The number of carbonyl (C=O) groups is 3. The van der Waals surface area contributed by atoms with Gasteiger partial charge in [0.1, 0.15) is 13.2 Å². The number of ether oxygens (including phenoxy) is 3. The molecule has 0 N–H and O–H groups in total. The van der Waals surface area contributed by atoms with Gasteiger partial charge in [-0.15, -0.1) is 0 Å². The molecule has 0 heterocycles. The predicted octanol–water partition coefficient (Wildman–Crippen LogP) is 20.9. The van der Waals surface area contributed by atoms with E-state index in [0.717, 1.165) is 77.0 Å². The van der Waals surface area contributed by atoms with Crippen molar-refractivity contribution >= 4 is 17.9 Å². The Labute approximate surface area is 451 Å². The molecule has 0 amide bonds. The first-order valence-electron chi connectivity index (χ1n) is 30.7. The molecule has 0 aromatic rings. The summed E-state index contributed by atoms with van der Waals surface area (Å²) in [6.07, 6.45) is 81.4. The molecule has 6 heteroatoms. The molecule has 1 atom stereocenters. The SMILES string of the molecule is CCCCC/C=C\C/C=C\C/C=C\C/C=C\C/C=C\CCC(=O)OC[C@H](COC(=O)CCCC/C=C\C/C=C\C/C=C\CCCCC)OC(=O)CCCCCCCCCCCCCCCCCCCCCCC. The van der Waals surface area contributed by atoms with Gasteiger partial charge in [-0.25, -0.2) is 0 Å². The van der Waals surface area contributed by atoms with Crippen molar-refractivity contribution in [3.05, 3.63) is 97.2 Å². The van der Waals surface area contributed by atoms with Crippen molar-refractivity contribution in [1.82, 2.24) is 0 Å². The van der Waals surface area contributed by atoms with Gasteiger partial charge in [0.2, 0.25) is 0 Å². The topological polar surface area (TPSA) is 78.9 Å². The third-order valence-electron chi connectivity index (χ3n) is 13.1. The zero-order valence-corrected chi connectivity index (χ0v) is 47.9. The molecule has 0 fully saturated rings. The Balaban J connectivity index is 4.49. The van der Waals surface area contributed by atoms with Crippen molar-refractivity contribution in [2.75, 3.05) is 13.2 Å². The standard InChI is InChI=1S/C67H114O6/c1-4-7-10-13-16-19-22-25-28-30-32-33-35-37-40-43-46-49-52-55-58-61-67(70)73-64(62-71-65(68)59-56-53-50-47-44-41-38-27-24-21-18-15-12-9-6-3)63-72-66(69)60-57-54-51-48-45-42-39-36-34-31-29-26-23-20-17-14-11-8-5-2/h17-18,20-21,26-27,29,34,36,38,42,44-45,47,51,54,64H,4-16,19,22-25,28,30-33,35,37,39-41,43,46,48-50,52-53,55-63H2,1-3H3/b20-17-,21-18-,29-26-,36-34-,38-27-,45-42-,47-44-,54-51-/t64-/m0/s1. The number of unbranched alkanes of at least 4 members (excludes halogenated alkanes) is 28. The summed E-state index contributed by atoms with van der Waals surface area (Å²) >= 11 is 0. The summed E-state index contributed by atoms with van der Waals surface area (Å²) in [5.41, 5.74) is 0. The van der Waals surface area contributed by atoms with Crippen LogP contribution in [0, 0.1) is 0 Å². The van der Waals surface area contributed by atoms with Crippen molar-refractivity contribution in [1.29, 1.82) is 0 Å². The largest absolute Gasteiger partial charge is 0.462 e. The quantitative estimate of drug-likeness (QED) is 0.0261. The summed E-state index contributed by atoms with van der Waals surface area (Å²) in [5, 5.41) is 0. The van der Waals surface area contributed by atoms with Gasteiger partial charge in [0.15, 0.2) is 6.10 Å². The van der Waals surface area contributed by atoms with Gasteiger partial charge >= 0.3 is 17.9 Å². The number of hydrogen-bond donors (Lipinski definition) is 0. The highest BCUT2D eigenvalue weighted by Gasteiger charge is 2.19. The number of esters is 3. The minimum atomic E-state index is -0.823. The minimum absolute atomic E-state index is 0.119. The first-order chi connectivity index (χ1) is 36.0. The van der Waals surface area contributed by atoms with Gasteiger partial charge in [-0.1, -0.05) is 272 Å². The number of carbonyl (C=O) groups excluding carboxylic acids is 3. The summed E-state index contributed by atoms with van der Waals surface area (Å²) < 4.78 is 16.8. The Morgan fingerprint density at radius 2 is 0.521 bits per heavy atom. The van der Waals surface area contributed by atoms with Crippen molar-refractivity contribution < 1.29 is 28.6 Å². The second-order valence-electron chi connectivity index (χ2n) is 20.3. The zero-order valence-electron chi connectivity index (χ0n) is 47.9. The summed E-state index contributed by atoms with van der Waals surface area (Å²) in [6, 6.07) is 0. The number of rotatable bonds is 55. The maximum atomic E-state index is 12.9. The van der Waals surface area contributed by atoms with Crippen LogP contribution in [0.5, 0.6) is 0 Å². The zero-order chi connectivity index (χ0) is 52.9. The molecule has 6 nitrogen and oxygen atoms in total. The van der Waals surface area contributed by atoms with E-state index in [0.29, 0.717) is 19.3 Å². The fourth-order valence-corrected chi connectivity index (χ4v) is 8.43. The average molecular weight is 1020 g/mol. The molecule has 418 valence electrons. The Hall–Kier alpha value is -3.67. The highest BCUT2D eigenvalue weighted by Crippen LogP contribution is 2.16. The summed E-state index contributed by atoms with van der Waals surface area (Å²) in [6.45, 7) is 6.51. The second-order valence-corrected chi connectivity index (χ2v) is 20.3. The smallest absolute Gasteiger partial charge is 0.306 e. The maximum absolute atomic E-state index is 12.9. The van der Waals surface area contributed by atoms with E-state index in [9.17, 15) is 14.4 Å². The van der Waals surface area contributed by atoms with Crippen LogP contribution >= 0.6 is 0 Å². The molecule has 0 bridgehead atoms. The molecule has 0 aliphatic rings. The molecule has 0 unspecified atom stereocenters. The van der Waals surface area contributed by atoms with Crippen LogP contribution in [0.25, 0.3) is 0 Å². The molecule has 0 radical (unpaired) electrons. The fraction of sp³-hybridized carbons (Fsp3) is 0.716. The van der Waals surface area contributed by atoms with Gasteiger partial charge in [0.25, 0.3) is 0 Å².